The molecule has 0 unspecified atom stereocenters. The summed E-state index contributed by atoms with van der Waals surface area (Å²) in [5.41, 5.74) is 1.12. The van der Waals surface area contributed by atoms with Gasteiger partial charge in [-0.25, -0.2) is 0 Å². The summed E-state index contributed by atoms with van der Waals surface area (Å²) in [5.74, 6) is 0.840. The number of aliphatic hydroxyl groups is 1. The van der Waals surface area contributed by atoms with E-state index in [2.05, 4.69) is 19.1 Å². The number of hydrogen-bond acceptors (Lipinski definition) is 2. The molecule has 1 fully saturated rings. The van der Waals surface area contributed by atoms with Crippen LogP contribution in [0.15, 0.2) is 30.3 Å². The third kappa shape index (κ3) is 1.64. The molecule has 2 nitrogen and oxygen atoms in total. The van der Waals surface area contributed by atoms with Gasteiger partial charge in [-0.2, -0.15) is 0 Å². The van der Waals surface area contributed by atoms with Gasteiger partial charge in [0.2, 0.25) is 0 Å². The molecule has 0 amide bonds. The maximum atomic E-state index is 9.74. The first-order chi connectivity index (χ1) is 7.68. The maximum absolute atomic E-state index is 9.74. The molecule has 3 heteroatoms. The van der Waals surface area contributed by atoms with Gasteiger partial charge in [-0.05, 0) is 0 Å². The number of aliphatic hydroxyl groups excluding tert-OH is 1. The van der Waals surface area contributed by atoms with E-state index in [1.165, 1.54) is 24.9 Å². The summed E-state index contributed by atoms with van der Waals surface area (Å²) in [6.45, 7) is 2.39. The fraction of sp³-hybridized carbons (Fsp3) is 0.462. The zero-order chi connectivity index (χ0) is 11.8. The van der Waals surface area contributed by atoms with E-state index in [1.54, 1.807) is 7.11 Å². The molecule has 1 aliphatic carbocycles. The summed E-state index contributed by atoms with van der Waals surface area (Å²) in [5, 5.41) is 9.74. The molecule has 1 saturated carbocycles. The topological polar surface area (TPSA) is 29.5 Å². The number of benzene rings is 1. The zero-order valence-electron chi connectivity index (χ0n) is 9.51. The van der Waals surface area contributed by atoms with E-state index in [0.717, 1.165) is 4.08 Å². The second kappa shape index (κ2) is 4.52. The Morgan fingerprint density at radius 1 is 1.44 bits per heavy atom. The minimum atomic E-state index is -0.103. The van der Waals surface area contributed by atoms with Gasteiger partial charge in [-0.15, -0.1) is 0 Å². The van der Waals surface area contributed by atoms with Crippen molar-refractivity contribution in [1.82, 2.24) is 0 Å². The first-order valence-electron chi connectivity index (χ1n) is 5.42. The molecular weight excluding hydrogens is 372 g/mol. The molecule has 0 spiro atoms. The molecule has 1 aliphatic rings. The van der Waals surface area contributed by atoms with Crippen LogP contribution in [0.1, 0.15) is 12.5 Å². The van der Waals surface area contributed by atoms with Crippen LogP contribution in [-0.2, 0) is 29.5 Å². The van der Waals surface area contributed by atoms with Crippen molar-refractivity contribution in [2.45, 2.75) is 12.3 Å². The van der Waals surface area contributed by atoms with Crippen LogP contribution in [0.4, 0.5) is 0 Å². The molecule has 1 aromatic rings. The monoisotopic (exact) mass is 388 g/mol. The Balaban J connectivity index is 2.34. The fourth-order valence-corrected chi connectivity index (χ4v) is 4.18. The van der Waals surface area contributed by atoms with Gasteiger partial charge in [-0.1, -0.05) is 0 Å². The van der Waals surface area contributed by atoms with Gasteiger partial charge in [0.1, 0.15) is 0 Å². The molecule has 0 bridgehead atoms. The van der Waals surface area contributed by atoms with Crippen molar-refractivity contribution >= 4 is 4.08 Å². The normalized spacial score (nSPS) is 32.4. The van der Waals surface area contributed by atoms with Crippen LogP contribution in [0.2, 0.25) is 0 Å². The summed E-state index contributed by atoms with van der Waals surface area (Å²) in [6.07, 6.45) is 0. The Morgan fingerprint density at radius 3 is 2.56 bits per heavy atom. The Labute approximate surface area is 107 Å². The van der Waals surface area contributed by atoms with E-state index in [-0.39, 0.29) is 12.0 Å². The van der Waals surface area contributed by atoms with Crippen LogP contribution in [-0.4, -0.2) is 22.9 Å². The van der Waals surface area contributed by atoms with Gasteiger partial charge in [-0.3, -0.25) is 0 Å². The van der Waals surface area contributed by atoms with Crippen molar-refractivity contribution < 1.29 is 29.2 Å². The number of methoxy groups -OCH3 is 1. The number of rotatable bonds is 4. The molecule has 16 heavy (non-hydrogen) atoms. The standard InChI is InChI=1S/C13H16O2.W/c1-10-12(8-15-2)13(10,9-14)11-6-4-3-5-7-11;/h3-7,10,12,14H,9H2,1-2H3;/t10-,12-,13-;/m1./s1. The van der Waals surface area contributed by atoms with Gasteiger partial charge < -0.3 is 0 Å². The Bertz CT molecular complexity index is 390. The number of ether oxygens (including phenoxy) is 1. The van der Waals surface area contributed by atoms with Gasteiger partial charge in [0, 0.05) is 0 Å². The van der Waals surface area contributed by atoms with Crippen molar-refractivity contribution in [2.75, 3.05) is 13.7 Å². The van der Waals surface area contributed by atoms with Crippen molar-refractivity contribution in [1.29, 1.82) is 0 Å². The van der Waals surface area contributed by atoms with E-state index in [4.69, 9.17) is 4.74 Å². The zero-order valence-corrected chi connectivity index (χ0v) is 12.4. The van der Waals surface area contributed by atoms with Crippen LogP contribution < -0.4 is 0 Å². The van der Waals surface area contributed by atoms with E-state index in [0.29, 0.717) is 11.8 Å². The molecule has 0 saturated heterocycles. The average Bonchev–Trinajstić information content (AvgIpc) is 2.96. The van der Waals surface area contributed by atoms with E-state index < -0.39 is 0 Å². The Kier molecular flexibility index (Phi) is 3.44. The van der Waals surface area contributed by atoms with Crippen molar-refractivity contribution in [2.24, 2.45) is 11.8 Å². The molecule has 0 aliphatic heterocycles. The second-order valence-electron chi connectivity index (χ2n) is 4.35. The van der Waals surface area contributed by atoms with Gasteiger partial charge in [0.15, 0.2) is 0 Å². The first kappa shape index (κ1) is 12.2. The van der Waals surface area contributed by atoms with E-state index >= 15 is 0 Å². The van der Waals surface area contributed by atoms with Crippen molar-refractivity contribution in [3.63, 3.8) is 0 Å². The Morgan fingerprint density at radius 2 is 2.06 bits per heavy atom. The predicted octanol–water partition coefficient (Wildman–Crippen LogP) is 1.51. The Hall–Kier alpha value is -0.302. The summed E-state index contributed by atoms with van der Waals surface area (Å²) >= 11 is 1.36. The molecule has 1 N–H and O–H groups in total. The van der Waals surface area contributed by atoms with Crippen molar-refractivity contribution in [3.05, 3.63) is 35.9 Å². The molecule has 0 radical (unpaired) electrons. The molecule has 2 rings (SSSR count). The predicted molar refractivity (Wildman–Crippen MR) is 59.9 cm³/mol. The molecule has 0 heterocycles. The average molecular weight is 388 g/mol. The van der Waals surface area contributed by atoms with Crippen LogP contribution >= 0.6 is 0 Å². The van der Waals surface area contributed by atoms with Gasteiger partial charge in [0.05, 0.1) is 0 Å². The first-order valence-corrected chi connectivity index (χ1v) is 6.89. The summed E-state index contributed by atoms with van der Waals surface area (Å²) in [6, 6.07) is 10.3. The second-order valence-corrected chi connectivity index (χ2v) is 5.80. The quantitative estimate of drug-likeness (QED) is 0.848. The summed E-state index contributed by atoms with van der Waals surface area (Å²) in [7, 11) is 1.72. The van der Waals surface area contributed by atoms with E-state index in [1.807, 2.05) is 18.2 Å². The number of hydrogen-bond donors (Lipinski definition) is 1. The van der Waals surface area contributed by atoms with Crippen LogP contribution in [0.3, 0.4) is 0 Å². The summed E-state index contributed by atoms with van der Waals surface area (Å²) in [4.78, 5) is 0. The van der Waals surface area contributed by atoms with Gasteiger partial charge in [0.25, 0.3) is 0 Å². The third-order valence-electron chi connectivity index (χ3n) is 3.79. The molecule has 0 aromatic heterocycles. The van der Waals surface area contributed by atoms with Crippen LogP contribution in [0.5, 0.6) is 0 Å². The van der Waals surface area contributed by atoms with Crippen LogP contribution in [0.25, 0.3) is 0 Å². The van der Waals surface area contributed by atoms with Crippen LogP contribution in [0, 0.1) is 11.8 Å². The van der Waals surface area contributed by atoms with Gasteiger partial charge >= 0.3 is 107 Å². The summed E-state index contributed by atoms with van der Waals surface area (Å²) < 4.78 is 6.47. The van der Waals surface area contributed by atoms with E-state index in [9.17, 15) is 5.11 Å². The molecule has 1 aromatic carbocycles. The molecule has 3 atom stereocenters. The SMILES string of the molecule is CO[C](=[W])[C@@H]1[C@@H](C)[C@]1(CO)c1ccccc1. The molecular formula is C13H16O2W. The third-order valence-corrected chi connectivity index (χ3v) is 5.30. The molecule has 86 valence electrons. The minimum absolute atomic E-state index is 0.103. The fourth-order valence-electron chi connectivity index (χ4n) is 2.70. The van der Waals surface area contributed by atoms with Crippen molar-refractivity contribution in [3.8, 4) is 0 Å².